The highest BCUT2D eigenvalue weighted by atomic mass is 16.2. The lowest BCUT2D eigenvalue weighted by Crippen LogP contribution is -2.40. The molecule has 2 amide bonds. The maximum atomic E-state index is 11.9. The van der Waals surface area contributed by atoms with Crippen molar-refractivity contribution < 1.29 is 9.59 Å². The quantitative estimate of drug-likeness (QED) is 0.782. The Morgan fingerprint density at radius 3 is 2.14 bits per heavy atom. The van der Waals surface area contributed by atoms with E-state index in [2.05, 4.69) is 12.2 Å². The number of hydrogen-bond acceptors (Lipinski definition) is 3. The smallest absolute Gasteiger partial charge is 0.240 e. The van der Waals surface area contributed by atoms with Gasteiger partial charge in [0.25, 0.3) is 0 Å². The van der Waals surface area contributed by atoms with Gasteiger partial charge in [-0.25, -0.2) is 0 Å². The summed E-state index contributed by atoms with van der Waals surface area (Å²) in [4.78, 5) is 27.1. The topological polar surface area (TPSA) is 52.7 Å². The van der Waals surface area contributed by atoms with E-state index >= 15 is 0 Å². The van der Waals surface area contributed by atoms with Crippen LogP contribution in [0.1, 0.15) is 26.7 Å². The molecule has 0 aliphatic carbocycles. The second-order valence-electron chi connectivity index (χ2n) is 5.22. The van der Waals surface area contributed by atoms with E-state index in [1.807, 2.05) is 43.3 Å². The number of nitrogens with zero attached hydrogens (tertiary/aromatic N) is 2. The molecule has 5 heteroatoms. The molecule has 0 spiro atoms. The van der Waals surface area contributed by atoms with E-state index in [1.54, 1.807) is 0 Å². The lowest BCUT2D eigenvalue weighted by Gasteiger charge is -2.22. The van der Waals surface area contributed by atoms with Crippen molar-refractivity contribution in [3.63, 3.8) is 0 Å². The first kappa shape index (κ1) is 17.0. The van der Waals surface area contributed by atoms with E-state index in [1.165, 1.54) is 11.8 Å². The number of carbonyl (C=O) groups excluding carboxylic acids is 2. The Labute approximate surface area is 126 Å². The molecule has 0 heterocycles. The monoisotopic (exact) mass is 291 g/mol. The van der Waals surface area contributed by atoms with Crippen molar-refractivity contribution in [2.75, 3.05) is 37.0 Å². The van der Waals surface area contributed by atoms with E-state index < -0.39 is 0 Å². The number of anilines is 2. The Kier molecular flexibility index (Phi) is 6.72. The molecule has 0 aliphatic heterocycles. The lowest BCUT2D eigenvalue weighted by molar-refractivity contribution is -0.123. The molecule has 0 atom stereocenters. The molecular formula is C16H25N3O2. The first-order chi connectivity index (χ1) is 9.95. The van der Waals surface area contributed by atoms with Crippen molar-refractivity contribution in [1.82, 2.24) is 5.32 Å². The van der Waals surface area contributed by atoms with Crippen LogP contribution in [0.25, 0.3) is 0 Å². The van der Waals surface area contributed by atoms with Gasteiger partial charge >= 0.3 is 0 Å². The van der Waals surface area contributed by atoms with Crippen molar-refractivity contribution >= 4 is 23.2 Å². The molecule has 0 unspecified atom stereocenters. The van der Waals surface area contributed by atoms with Crippen LogP contribution in [0.5, 0.6) is 0 Å². The third kappa shape index (κ3) is 5.45. The Morgan fingerprint density at radius 2 is 1.67 bits per heavy atom. The maximum Gasteiger partial charge on any atom is 0.240 e. The fraction of sp³-hybridized carbons (Fsp3) is 0.500. The lowest BCUT2D eigenvalue weighted by atomic mass is 10.2. The third-order valence-corrected chi connectivity index (χ3v) is 3.21. The van der Waals surface area contributed by atoms with E-state index in [9.17, 15) is 9.59 Å². The number of amides is 2. The molecule has 0 saturated carbocycles. The average molecular weight is 291 g/mol. The highest BCUT2D eigenvalue weighted by Crippen LogP contribution is 2.19. The SMILES string of the molecule is CCCCNC(=O)CN(C(C)=O)c1ccc(N(C)C)cc1. The fourth-order valence-electron chi connectivity index (χ4n) is 1.92. The van der Waals surface area contributed by atoms with Gasteiger partial charge in [-0.1, -0.05) is 13.3 Å². The van der Waals surface area contributed by atoms with Crippen LogP contribution >= 0.6 is 0 Å². The van der Waals surface area contributed by atoms with Crippen LogP contribution in [0, 0.1) is 0 Å². The van der Waals surface area contributed by atoms with Gasteiger partial charge in [0.15, 0.2) is 0 Å². The summed E-state index contributed by atoms with van der Waals surface area (Å²) >= 11 is 0. The van der Waals surface area contributed by atoms with Crippen molar-refractivity contribution in [3.8, 4) is 0 Å². The molecule has 5 nitrogen and oxygen atoms in total. The van der Waals surface area contributed by atoms with E-state index in [0.29, 0.717) is 6.54 Å². The van der Waals surface area contributed by atoms with Crippen LogP contribution < -0.4 is 15.1 Å². The first-order valence-corrected chi connectivity index (χ1v) is 7.28. The van der Waals surface area contributed by atoms with Crippen LogP contribution in [0.4, 0.5) is 11.4 Å². The van der Waals surface area contributed by atoms with Gasteiger partial charge in [-0.3, -0.25) is 9.59 Å². The first-order valence-electron chi connectivity index (χ1n) is 7.28. The molecule has 1 rings (SSSR count). The zero-order chi connectivity index (χ0) is 15.8. The molecule has 0 aliphatic rings. The minimum absolute atomic E-state index is 0.0559. The second kappa shape index (κ2) is 8.29. The normalized spacial score (nSPS) is 10.1. The summed E-state index contributed by atoms with van der Waals surface area (Å²) in [5.41, 5.74) is 1.79. The zero-order valence-electron chi connectivity index (χ0n) is 13.3. The highest BCUT2D eigenvalue weighted by Gasteiger charge is 2.15. The summed E-state index contributed by atoms with van der Waals surface area (Å²) in [7, 11) is 3.91. The summed E-state index contributed by atoms with van der Waals surface area (Å²) in [5.74, 6) is -0.270. The Hall–Kier alpha value is -2.04. The molecule has 116 valence electrons. The molecule has 1 aromatic carbocycles. The van der Waals surface area contributed by atoms with Crippen molar-refractivity contribution in [2.45, 2.75) is 26.7 Å². The van der Waals surface area contributed by atoms with Gasteiger partial charge < -0.3 is 15.1 Å². The molecule has 0 bridgehead atoms. The Bertz CT molecular complexity index is 469. The number of carbonyl (C=O) groups is 2. The van der Waals surface area contributed by atoms with Gasteiger partial charge in [0.2, 0.25) is 11.8 Å². The van der Waals surface area contributed by atoms with Gasteiger partial charge in [-0.2, -0.15) is 0 Å². The number of hydrogen-bond donors (Lipinski definition) is 1. The summed E-state index contributed by atoms with van der Waals surface area (Å²) in [6, 6.07) is 7.58. The van der Waals surface area contributed by atoms with Gasteiger partial charge in [-0.15, -0.1) is 0 Å². The van der Waals surface area contributed by atoms with Crippen molar-refractivity contribution in [3.05, 3.63) is 24.3 Å². The van der Waals surface area contributed by atoms with Crippen LogP contribution in [0.2, 0.25) is 0 Å². The van der Waals surface area contributed by atoms with Crippen LogP contribution in [0.15, 0.2) is 24.3 Å². The van der Waals surface area contributed by atoms with Crippen LogP contribution in [-0.4, -0.2) is 39.0 Å². The molecule has 0 fully saturated rings. The summed E-state index contributed by atoms with van der Waals surface area (Å²) < 4.78 is 0. The minimum Gasteiger partial charge on any atom is -0.378 e. The predicted octanol–water partition coefficient (Wildman–Crippen LogP) is 2.02. The molecule has 0 saturated heterocycles. The van der Waals surface area contributed by atoms with Gasteiger partial charge in [0.1, 0.15) is 6.54 Å². The molecule has 1 N–H and O–H groups in total. The third-order valence-electron chi connectivity index (χ3n) is 3.21. The summed E-state index contributed by atoms with van der Waals surface area (Å²) in [6.07, 6.45) is 1.98. The second-order valence-corrected chi connectivity index (χ2v) is 5.22. The van der Waals surface area contributed by atoms with Crippen LogP contribution in [-0.2, 0) is 9.59 Å². The summed E-state index contributed by atoms with van der Waals surface area (Å²) in [6.45, 7) is 4.25. The van der Waals surface area contributed by atoms with Gasteiger partial charge in [0.05, 0.1) is 0 Å². The van der Waals surface area contributed by atoms with E-state index in [0.717, 1.165) is 24.2 Å². The maximum absolute atomic E-state index is 11.9. The largest absolute Gasteiger partial charge is 0.378 e. The fourth-order valence-corrected chi connectivity index (χ4v) is 1.92. The Balaban J connectivity index is 2.73. The standard InChI is InChI=1S/C16H25N3O2/c1-5-6-11-17-16(21)12-19(13(2)20)15-9-7-14(8-10-15)18(3)4/h7-10H,5-6,11-12H2,1-4H3,(H,17,21). The van der Waals surface area contributed by atoms with E-state index in [-0.39, 0.29) is 18.4 Å². The van der Waals surface area contributed by atoms with Gasteiger partial charge in [-0.05, 0) is 30.7 Å². The molecule has 0 aromatic heterocycles. The number of unbranched alkanes of at least 4 members (excludes halogenated alkanes) is 1. The predicted molar refractivity (Wildman–Crippen MR) is 86.7 cm³/mol. The number of benzene rings is 1. The van der Waals surface area contributed by atoms with E-state index in [4.69, 9.17) is 0 Å². The summed E-state index contributed by atoms with van der Waals surface area (Å²) in [5, 5.41) is 2.83. The molecule has 0 radical (unpaired) electrons. The van der Waals surface area contributed by atoms with Crippen molar-refractivity contribution in [2.24, 2.45) is 0 Å². The molecular weight excluding hydrogens is 266 g/mol. The molecule has 1 aromatic rings. The molecule has 21 heavy (non-hydrogen) atoms. The minimum atomic E-state index is -0.141. The Morgan fingerprint density at radius 1 is 1.10 bits per heavy atom. The number of rotatable bonds is 7. The highest BCUT2D eigenvalue weighted by molar-refractivity contribution is 5.97. The van der Waals surface area contributed by atoms with Gasteiger partial charge in [0, 0.05) is 38.9 Å². The zero-order valence-corrected chi connectivity index (χ0v) is 13.3. The van der Waals surface area contributed by atoms with Crippen LogP contribution in [0.3, 0.4) is 0 Å². The average Bonchev–Trinajstić information content (AvgIpc) is 2.45. The number of nitrogens with one attached hydrogen (secondary N) is 1. The van der Waals surface area contributed by atoms with Crippen molar-refractivity contribution in [1.29, 1.82) is 0 Å².